The third kappa shape index (κ3) is 4.77. The van der Waals surface area contributed by atoms with E-state index in [1.54, 1.807) is 0 Å². The Morgan fingerprint density at radius 2 is 1.74 bits per heavy atom. The first-order valence-corrected chi connectivity index (χ1v) is 9.29. The van der Waals surface area contributed by atoms with E-state index in [4.69, 9.17) is 0 Å². The summed E-state index contributed by atoms with van der Waals surface area (Å²) < 4.78 is 0. The van der Waals surface area contributed by atoms with Crippen molar-refractivity contribution < 1.29 is 4.79 Å². The maximum absolute atomic E-state index is 12.4. The Morgan fingerprint density at radius 3 is 2.47 bits per heavy atom. The molecule has 0 radical (unpaired) electrons. The molecule has 3 heteroatoms. The Labute approximate surface area is 126 Å². The Morgan fingerprint density at radius 1 is 1.00 bits per heavy atom. The molecule has 110 valence electrons. The summed E-state index contributed by atoms with van der Waals surface area (Å²) in [6.45, 7) is 1.00. The van der Waals surface area contributed by atoms with Gasteiger partial charge in [0.15, 0.2) is 0 Å². The number of carbonyl (C=O) groups excluding carboxylic acids is 1. The number of halogens is 1. The molecular formula is C16H28BrNO. The SMILES string of the molecule is O=C(CCC1CCCCC1)N1CCCCC1CCBr. The van der Waals surface area contributed by atoms with Gasteiger partial charge in [-0.2, -0.15) is 0 Å². The van der Waals surface area contributed by atoms with E-state index in [0.717, 1.165) is 37.1 Å². The second kappa shape index (κ2) is 8.28. The van der Waals surface area contributed by atoms with Gasteiger partial charge in [-0.1, -0.05) is 48.0 Å². The number of rotatable bonds is 5. The molecule has 1 unspecified atom stereocenters. The summed E-state index contributed by atoms with van der Waals surface area (Å²) in [6.07, 6.45) is 13.7. The predicted molar refractivity (Wildman–Crippen MR) is 83.6 cm³/mol. The minimum atomic E-state index is 0.427. The van der Waals surface area contributed by atoms with Gasteiger partial charge in [0.2, 0.25) is 5.91 Å². The molecule has 2 aliphatic rings. The van der Waals surface area contributed by atoms with E-state index < -0.39 is 0 Å². The number of piperidine rings is 1. The summed E-state index contributed by atoms with van der Waals surface area (Å²) in [4.78, 5) is 14.6. The van der Waals surface area contributed by atoms with Crippen molar-refractivity contribution in [1.82, 2.24) is 4.90 Å². The lowest BCUT2D eigenvalue weighted by atomic mass is 9.86. The maximum atomic E-state index is 12.4. The summed E-state index contributed by atoms with van der Waals surface area (Å²) in [6, 6.07) is 0.506. The molecule has 1 saturated heterocycles. The van der Waals surface area contributed by atoms with Crippen LogP contribution in [0.15, 0.2) is 0 Å². The largest absolute Gasteiger partial charge is 0.340 e. The number of hydrogen-bond acceptors (Lipinski definition) is 1. The first kappa shape index (κ1) is 15.3. The fraction of sp³-hybridized carbons (Fsp3) is 0.938. The minimum Gasteiger partial charge on any atom is -0.340 e. The number of carbonyl (C=O) groups is 1. The Kier molecular flexibility index (Phi) is 6.69. The molecule has 1 atom stereocenters. The molecule has 0 N–H and O–H groups in total. The van der Waals surface area contributed by atoms with Gasteiger partial charge in [-0.05, 0) is 38.0 Å². The quantitative estimate of drug-likeness (QED) is 0.679. The molecule has 0 aromatic rings. The van der Waals surface area contributed by atoms with Crippen molar-refractivity contribution in [2.45, 2.75) is 76.7 Å². The van der Waals surface area contributed by atoms with E-state index in [9.17, 15) is 4.79 Å². The van der Waals surface area contributed by atoms with Gasteiger partial charge in [0, 0.05) is 24.3 Å². The van der Waals surface area contributed by atoms with Crippen LogP contribution in [0.5, 0.6) is 0 Å². The average Bonchev–Trinajstić information content (AvgIpc) is 2.47. The highest BCUT2D eigenvalue weighted by Crippen LogP contribution is 2.28. The van der Waals surface area contributed by atoms with Gasteiger partial charge in [0.05, 0.1) is 0 Å². The molecule has 2 nitrogen and oxygen atoms in total. The summed E-state index contributed by atoms with van der Waals surface area (Å²) in [5, 5.41) is 1.02. The van der Waals surface area contributed by atoms with E-state index in [-0.39, 0.29) is 0 Å². The highest BCUT2D eigenvalue weighted by Gasteiger charge is 2.26. The topological polar surface area (TPSA) is 20.3 Å². The molecule has 0 aromatic carbocycles. The average molecular weight is 330 g/mol. The smallest absolute Gasteiger partial charge is 0.222 e. The lowest BCUT2D eigenvalue weighted by Crippen LogP contribution is -2.44. The molecule has 2 rings (SSSR count). The predicted octanol–water partition coefficient (Wildman–Crippen LogP) is 4.51. The standard InChI is InChI=1S/C16H28BrNO/c17-12-11-15-8-4-5-13-18(15)16(19)10-9-14-6-2-1-3-7-14/h14-15H,1-13H2. The Balaban J connectivity index is 1.76. The second-order valence-electron chi connectivity index (χ2n) is 6.26. The van der Waals surface area contributed by atoms with Crippen LogP contribution in [0.4, 0.5) is 0 Å². The van der Waals surface area contributed by atoms with Crippen LogP contribution in [0.3, 0.4) is 0 Å². The molecule has 0 bridgehead atoms. The van der Waals surface area contributed by atoms with Gasteiger partial charge in [0.1, 0.15) is 0 Å². The number of nitrogens with zero attached hydrogens (tertiary/aromatic N) is 1. The van der Waals surface area contributed by atoms with E-state index >= 15 is 0 Å². The summed E-state index contributed by atoms with van der Waals surface area (Å²) in [7, 11) is 0. The molecular weight excluding hydrogens is 302 g/mol. The Bertz CT molecular complexity index is 274. The Hall–Kier alpha value is -0.0500. The first-order valence-electron chi connectivity index (χ1n) is 8.16. The van der Waals surface area contributed by atoms with Crippen LogP contribution in [-0.4, -0.2) is 28.7 Å². The fourth-order valence-electron chi connectivity index (χ4n) is 3.70. The van der Waals surface area contributed by atoms with Crippen molar-refractivity contribution in [2.75, 3.05) is 11.9 Å². The highest BCUT2D eigenvalue weighted by atomic mass is 79.9. The van der Waals surface area contributed by atoms with Crippen molar-refractivity contribution in [2.24, 2.45) is 5.92 Å². The maximum Gasteiger partial charge on any atom is 0.222 e. The van der Waals surface area contributed by atoms with Gasteiger partial charge in [-0.25, -0.2) is 0 Å². The summed E-state index contributed by atoms with van der Waals surface area (Å²) in [5.41, 5.74) is 0. The van der Waals surface area contributed by atoms with Crippen LogP contribution in [-0.2, 0) is 4.79 Å². The second-order valence-corrected chi connectivity index (χ2v) is 7.05. The zero-order valence-electron chi connectivity index (χ0n) is 12.1. The number of amides is 1. The fourth-order valence-corrected chi connectivity index (χ4v) is 4.23. The van der Waals surface area contributed by atoms with Crippen LogP contribution in [0.2, 0.25) is 0 Å². The van der Waals surface area contributed by atoms with E-state index in [2.05, 4.69) is 20.8 Å². The van der Waals surface area contributed by atoms with E-state index in [1.807, 2.05) is 0 Å². The molecule has 1 amide bonds. The van der Waals surface area contributed by atoms with Gasteiger partial charge in [0.25, 0.3) is 0 Å². The summed E-state index contributed by atoms with van der Waals surface area (Å²) in [5.74, 6) is 1.26. The monoisotopic (exact) mass is 329 g/mol. The summed E-state index contributed by atoms with van der Waals surface area (Å²) >= 11 is 3.53. The van der Waals surface area contributed by atoms with Crippen LogP contribution >= 0.6 is 15.9 Å². The van der Waals surface area contributed by atoms with Crippen molar-refractivity contribution >= 4 is 21.8 Å². The van der Waals surface area contributed by atoms with E-state index in [0.29, 0.717) is 11.9 Å². The number of likely N-dealkylation sites (tertiary alicyclic amines) is 1. The third-order valence-electron chi connectivity index (χ3n) is 4.88. The van der Waals surface area contributed by atoms with Crippen LogP contribution in [0, 0.1) is 5.92 Å². The lowest BCUT2D eigenvalue weighted by Gasteiger charge is -2.36. The molecule has 1 aliphatic carbocycles. The molecule has 0 aromatic heterocycles. The van der Waals surface area contributed by atoms with Crippen LogP contribution < -0.4 is 0 Å². The van der Waals surface area contributed by atoms with Gasteiger partial charge in [-0.15, -0.1) is 0 Å². The first-order chi connectivity index (χ1) is 9.31. The van der Waals surface area contributed by atoms with E-state index in [1.165, 1.54) is 51.4 Å². The molecule has 19 heavy (non-hydrogen) atoms. The van der Waals surface area contributed by atoms with Crippen LogP contribution in [0.25, 0.3) is 0 Å². The van der Waals surface area contributed by atoms with Crippen molar-refractivity contribution in [1.29, 1.82) is 0 Å². The molecule has 1 saturated carbocycles. The highest BCUT2D eigenvalue weighted by molar-refractivity contribution is 9.09. The lowest BCUT2D eigenvalue weighted by molar-refractivity contribution is -0.135. The van der Waals surface area contributed by atoms with Crippen molar-refractivity contribution in [3.8, 4) is 0 Å². The van der Waals surface area contributed by atoms with Crippen molar-refractivity contribution in [3.63, 3.8) is 0 Å². The van der Waals surface area contributed by atoms with Crippen molar-refractivity contribution in [3.05, 3.63) is 0 Å². The van der Waals surface area contributed by atoms with Crippen LogP contribution in [0.1, 0.15) is 70.6 Å². The minimum absolute atomic E-state index is 0.427. The number of hydrogen-bond donors (Lipinski definition) is 0. The number of alkyl halides is 1. The zero-order valence-corrected chi connectivity index (χ0v) is 13.7. The zero-order chi connectivity index (χ0) is 13.5. The molecule has 1 heterocycles. The normalized spacial score (nSPS) is 25.5. The third-order valence-corrected chi connectivity index (χ3v) is 5.34. The molecule has 0 spiro atoms. The van der Waals surface area contributed by atoms with Gasteiger partial charge in [-0.3, -0.25) is 4.79 Å². The molecule has 2 fully saturated rings. The molecule has 1 aliphatic heterocycles. The van der Waals surface area contributed by atoms with Gasteiger partial charge >= 0.3 is 0 Å². The van der Waals surface area contributed by atoms with Gasteiger partial charge < -0.3 is 4.90 Å².